The van der Waals surface area contributed by atoms with Crippen LogP contribution < -0.4 is 0 Å². The van der Waals surface area contributed by atoms with E-state index in [1.165, 1.54) is 11.1 Å². The molecule has 3 rings (SSSR count). The molecule has 120 valence electrons. The van der Waals surface area contributed by atoms with Crippen LogP contribution >= 0.6 is 0 Å². The number of aliphatic hydroxyl groups is 1. The summed E-state index contributed by atoms with van der Waals surface area (Å²) in [5.41, 5.74) is 2.10. The zero-order valence-electron chi connectivity index (χ0n) is 13.6. The highest BCUT2D eigenvalue weighted by Crippen LogP contribution is 2.43. The van der Waals surface area contributed by atoms with Crippen LogP contribution in [0.25, 0.3) is 0 Å². The fourth-order valence-corrected chi connectivity index (χ4v) is 4.25. The molecule has 1 N–H and O–H groups in total. The Morgan fingerprint density at radius 1 is 1.32 bits per heavy atom. The van der Waals surface area contributed by atoms with Crippen molar-refractivity contribution in [3.05, 3.63) is 35.4 Å². The highest BCUT2D eigenvalue weighted by Gasteiger charge is 2.45. The fraction of sp³-hybridized carbons (Fsp3) is 0.632. The van der Waals surface area contributed by atoms with Gasteiger partial charge in [0.05, 0.1) is 5.41 Å². The van der Waals surface area contributed by atoms with E-state index in [4.69, 9.17) is 0 Å². The van der Waals surface area contributed by atoms with Crippen molar-refractivity contribution >= 4 is 5.91 Å². The molecule has 1 saturated carbocycles. The monoisotopic (exact) mass is 301 g/mol. The SMILES string of the molecule is Cc1cccc(C2(C(=O)N3CCCC(CO)C3)CCCC2)c1. The van der Waals surface area contributed by atoms with Crippen LogP contribution in [0, 0.1) is 12.8 Å². The number of aliphatic hydroxyl groups excluding tert-OH is 1. The molecule has 1 aliphatic carbocycles. The minimum absolute atomic E-state index is 0.196. The highest BCUT2D eigenvalue weighted by atomic mass is 16.3. The van der Waals surface area contributed by atoms with Gasteiger partial charge in [0.25, 0.3) is 0 Å². The van der Waals surface area contributed by atoms with Crippen LogP contribution in [0.4, 0.5) is 0 Å². The Bertz CT molecular complexity index is 534. The summed E-state index contributed by atoms with van der Waals surface area (Å²) in [6, 6.07) is 8.49. The number of hydrogen-bond donors (Lipinski definition) is 1. The molecule has 1 amide bonds. The third-order valence-corrected chi connectivity index (χ3v) is 5.50. The van der Waals surface area contributed by atoms with E-state index in [-0.39, 0.29) is 17.9 Å². The molecule has 0 aromatic heterocycles. The normalized spacial score (nSPS) is 24.5. The number of nitrogens with zero attached hydrogens (tertiary/aromatic N) is 1. The van der Waals surface area contributed by atoms with Gasteiger partial charge in [-0.25, -0.2) is 0 Å². The number of aryl methyl sites for hydroxylation is 1. The van der Waals surface area contributed by atoms with E-state index < -0.39 is 0 Å². The lowest BCUT2D eigenvalue weighted by Crippen LogP contribution is -2.49. The lowest BCUT2D eigenvalue weighted by atomic mass is 9.76. The van der Waals surface area contributed by atoms with Crippen molar-refractivity contribution in [1.82, 2.24) is 4.90 Å². The minimum Gasteiger partial charge on any atom is -0.396 e. The second-order valence-corrected chi connectivity index (χ2v) is 7.10. The maximum atomic E-state index is 13.3. The predicted octanol–water partition coefficient (Wildman–Crippen LogP) is 3.04. The van der Waals surface area contributed by atoms with Crippen LogP contribution in [0.5, 0.6) is 0 Å². The summed E-state index contributed by atoms with van der Waals surface area (Å²) in [6.45, 7) is 3.87. The maximum Gasteiger partial charge on any atom is 0.233 e. The molecule has 2 fully saturated rings. The van der Waals surface area contributed by atoms with Crippen molar-refractivity contribution in [3.8, 4) is 0 Å². The molecule has 0 spiro atoms. The van der Waals surface area contributed by atoms with Crippen molar-refractivity contribution in [3.63, 3.8) is 0 Å². The lowest BCUT2D eigenvalue weighted by Gasteiger charge is -2.39. The summed E-state index contributed by atoms with van der Waals surface area (Å²) >= 11 is 0. The van der Waals surface area contributed by atoms with Crippen LogP contribution in [0.15, 0.2) is 24.3 Å². The summed E-state index contributed by atoms with van der Waals surface area (Å²) in [5.74, 6) is 0.558. The third-order valence-electron chi connectivity index (χ3n) is 5.50. The van der Waals surface area contributed by atoms with E-state index in [1.54, 1.807) is 0 Å². The van der Waals surface area contributed by atoms with Gasteiger partial charge in [-0.15, -0.1) is 0 Å². The van der Waals surface area contributed by atoms with E-state index in [9.17, 15) is 9.90 Å². The average Bonchev–Trinajstić information content (AvgIpc) is 3.05. The van der Waals surface area contributed by atoms with Gasteiger partial charge in [0, 0.05) is 19.7 Å². The molecule has 1 aromatic carbocycles. The third kappa shape index (κ3) is 2.79. The quantitative estimate of drug-likeness (QED) is 0.932. The zero-order valence-corrected chi connectivity index (χ0v) is 13.6. The van der Waals surface area contributed by atoms with Crippen molar-refractivity contribution < 1.29 is 9.90 Å². The predicted molar refractivity (Wildman–Crippen MR) is 87.7 cm³/mol. The number of benzene rings is 1. The Morgan fingerprint density at radius 2 is 2.09 bits per heavy atom. The number of amides is 1. The van der Waals surface area contributed by atoms with Gasteiger partial charge in [-0.05, 0) is 44.1 Å². The Balaban J connectivity index is 1.89. The standard InChI is InChI=1S/C19H27NO2/c1-15-6-4-8-17(12-15)19(9-2-3-10-19)18(22)20-11-5-7-16(13-20)14-21/h4,6,8,12,16,21H,2-3,5,7,9-11,13-14H2,1H3. The number of carbonyl (C=O) groups is 1. The number of carbonyl (C=O) groups excluding carboxylic acids is 1. The van der Waals surface area contributed by atoms with Gasteiger partial charge in [0.1, 0.15) is 0 Å². The fourth-order valence-electron chi connectivity index (χ4n) is 4.25. The Hall–Kier alpha value is -1.35. The molecule has 1 atom stereocenters. The largest absolute Gasteiger partial charge is 0.396 e. The van der Waals surface area contributed by atoms with Crippen LogP contribution in [-0.4, -0.2) is 35.6 Å². The first-order chi connectivity index (χ1) is 10.7. The molecular weight excluding hydrogens is 274 g/mol. The molecule has 1 saturated heterocycles. The zero-order chi connectivity index (χ0) is 15.6. The summed E-state index contributed by atoms with van der Waals surface area (Å²) in [6.07, 6.45) is 6.26. The maximum absolute atomic E-state index is 13.3. The van der Waals surface area contributed by atoms with E-state index in [1.807, 2.05) is 4.90 Å². The van der Waals surface area contributed by atoms with Gasteiger partial charge in [0.15, 0.2) is 0 Å². The average molecular weight is 301 g/mol. The van der Waals surface area contributed by atoms with Crippen molar-refractivity contribution in [2.24, 2.45) is 5.92 Å². The van der Waals surface area contributed by atoms with Crippen molar-refractivity contribution in [2.75, 3.05) is 19.7 Å². The first-order valence-electron chi connectivity index (χ1n) is 8.63. The molecule has 0 bridgehead atoms. The second-order valence-electron chi connectivity index (χ2n) is 7.10. The number of likely N-dealkylation sites (tertiary alicyclic amines) is 1. The van der Waals surface area contributed by atoms with Crippen molar-refractivity contribution in [2.45, 2.75) is 50.9 Å². The smallest absolute Gasteiger partial charge is 0.233 e. The summed E-state index contributed by atoms with van der Waals surface area (Å²) in [4.78, 5) is 15.4. The highest BCUT2D eigenvalue weighted by molar-refractivity contribution is 5.88. The Labute approximate surface area is 133 Å². The van der Waals surface area contributed by atoms with Gasteiger partial charge < -0.3 is 10.0 Å². The van der Waals surface area contributed by atoms with Crippen molar-refractivity contribution in [1.29, 1.82) is 0 Å². The van der Waals surface area contributed by atoms with Gasteiger partial charge >= 0.3 is 0 Å². The summed E-state index contributed by atoms with van der Waals surface area (Å²) < 4.78 is 0. The molecule has 3 nitrogen and oxygen atoms in total. The van der Waals surface area contributed by atoms with Gasteiger partial charge in [-0.3, -0.25) is 4.79 Å². The minimum atomic E-state index is -0.316. The van der Waals surface area contributed by atoms with E-state index in [0.717, 1.165) is 51.6 Å². The van der Waals surface area contributed by atoms with Gasteiger partial charge in [-0.1, -0.05) is 42.7 Å². The first kappa shape index (κ1) is 15.5. The van der Waals surface area contributed by atoms with Crippen LogP contribution in [-0.2, 0) is 10.2 Å². The first-order valence-corrected chi connectivity index (χ1v) is 8.63. The summed E-state index contributed by atoms with van der Waals surface area (Å²) in [7, 11) is 0. The second kappa shape index (κ2) is 6.41. The molecule has 22 heavy (non-hydrogen) atoms. The lowest BCUT2D eigenvalue weighted by molar-refractivity contribution is -0.139. The Kier molecular flexibility index (Phi) is 4.53. The van der Waals surface area contributed by atoms with Crippen LogP contribution in [0.3, 0.4) is 0 Å². The van der Waals surface area contributed by atoms with E-state index in [0.29, 0.717) is 5.91 Å². The van der Waals surface area contributed by atoms with Gasteiger partial charge in [0.2, 0.25) is 5.91 Å². The van der Waals surface area contributed by atoms with Crippen LogP contribution in [0.2, 0.25) is 0 Å². The number of rotatable bonds is 3. The number of hydrogen-bond acceptors (Lipinski definition) is 2. The summed E-state index contributed by atoms with van der Waals surface area (Å²) in [5, 5.41) is 9.44. The molecule has 0 radical (unpaired) electrons. The molecule has 1 aliphatic heterocycles. The Morgan fingerprint density at radius 3 is 2.77 bits per heavy atom. The number of piperidine rings is 1. The van der Waals surface area contributed by atoms with Gasteiger partial charge in [-0.2, -0.15) is 0 Å². The molecular formula is C19H27NO2. The topological polar surface area (TPSA) is 40.5 Å². The molecule has 1 unspecified atom stereocenters. The molecule has 3 heteroatoms. The van der Waals surface area contributed by atoms with E-state index >= 15 is 0 Å². The molecule has 2 aliphatic rings. The van der Waals surface area contributed by atoms with Crippen LogP contribution in [0.1, 0.15) is 49.7 Å². The molecule has 1 heterocycles. The van der Waals surface area contributed by atoms with E-state index in [2.05, 4.69) is 31.2 Å². The molecule has 1 aromatic rings.